The van der Waals surface area contributed by atoms with Gasteiger partial charge in [0.15, 0.2) is 0 Å². The Balaban J connectivity index is 0.000000238. The van der Waals surface area contributed by atoms with E-state index in [-0.39, 0.29) is 6.10 Å². The van der Waals surface area contributed by atoms with Crippen LogP contribution < -0.4 is 0 Å². The topological polar surface area (TPSA) is 55.8 Å². The van der Waals surface area contributed by atoms with Crippen LogP contribution in [0, 0.1) is 0 Å². The van der Waals surface area contributed by atoms with Crippen molar-refractivity contribution in [2.75, 3.05) is 14.2 Å². The zero-order chi connectivity index (χ0) is 17.2. The zero-order valence-corrected chi connectivity index (χ0v) is 14.5. The van der Waals surface area contributed by atoms with E-state index in [9.17, 15) is 4.79 Å². The summed E-state index contributed by atoms with van der Waals surface area (Å²) in [6, 6.07) is 0. The summed E-state index contributed by atoms with van der Waals surface area (Å²) >= 11 is 0. The van der Waals surface area contributed by atoms with Crippen molar-refractivity contribution >= 4 is 5.97 Å². The molecule has 0 aliphatic heterocycles. The van der Waals surface area contributed by atoms with Gasteiger partial charge in [-0.2, -0.15) is 0 Å². The summed E-state index contributed by atoms with van der Waals surface area (Å²) in [7, 11) is 3.28. The molecule has 23 heavy (non-hydrogen) atoms. The van der Waals surface area contributed by atoms with Gasteiger partial charge in [0.25, 0.3) is 0 Å². The van der Waals surface area contributed by atoms with E-state index in [0.717, 1.165) is 24.8 Å². The summed E-state index contributed by atoms with van der Waals surface area (Å²) < 4.78 is 10.2. The highest BCUT2D eigenvalue weighted by Crippen LogP contribution is 2.22. The molecule has 0 heterocycles. The molecule has 0 saturated heterocycles. The Kier molecular flexibility index (Phi) is 8.59. The second-order valence-corrected chi connectivity index (χ2v) is 5.50. The Morgan fingerprint density at radius 3 is 2.22 bits per heavy atom. The third-order valence-electron chi connectivity index (χ3n) is 4.07. The molecule has 2 aliphatic rings. The molecule has 0 aromatic rings. The standard InChI is InChI=1S/C10H14O3.C9H14O/c1-3-7-4-5-9(13-2)8(6-7)10(11)12;1-3-8-4-6-9(10-2)7-5-8/h4,6,9H,3,5H2,1-2H3,(H,11,12);4-6,9H,3,7H2,1-2H3. The van der Waals surface area contributed by atoms with Crippen LogP contribution in [0.2, 0.25) is 0 Å². The summed E-state index contributed by atoms with van der Waals surface area (Å²) in [5.41, 5.74) is 2.86. The van der Waals surface area contributed by atoms with E-state index in [1.165, 1.54) is 12.7 Å². The Bertz CT molecular complexity index is 511. The SMILES string of the molecule is CCC1=CCC(OC)C(C(=O)O)=C1.CCC1=CCC(OC)C=C1. The van der Waals surface area contributed by atoms with Crippen molar-refractivity contribution < 1.29 is 19.4 Å². The predicted octanol–water partition coefficient (Wildman–Crippen LogP) is 4.05. The highest BCUT2D eigenvalue weighted by molar-refractivity contribution is 5.88. The van der Waals surface area contributed by atoms with Crippen molar-refractivity contribution in [3.8, 4) is 0 Å². The van der Waals surface area contributed by atoms with Gasteiger partial charge in [0, 0.05) is 14.2 Å². The molecule has 0 aromatic carbocycles. The van der Waals surface area contributed by atoms with E-state index in [1.807, 2.05) is 13.0 Å². The number of ether oxygens (including phenoxy) is 2. The summed E-state index contributed by atoms with van der Waals surface area (Å²) in [5.74, 6) is -0.883. The van der Waals surface area contributed by atoms with Crippen LogP contribution in [-0.2, 0) is 14.3 Å². The minimum atomic E-state index is -0.883. The summed E-state index contributed by atoms with van der Waals surface area (Å²) in [6.45, 7) is 4.18. The maximum atomic E-state index is 10.8. The van der Waals surface area contributed by atoms with Crippen molar-refractivity contribution in [2.24, 2.45) is 0 Å². The van der Waals surface area contributed by atoms with E-state index < -0.39 is 5.97 Å². The van der Waals surface area contributed by atoms with E-state index in [1.54, 1.807) is 13.2 Å². The number of rotatable bonds is 5. The van der Waals surface area contributed by atoms with E-state index in [2.05, 4.69) is 25.2 Å². The number of aliphatic carboxylic acids is 1. The molecule has 2 rings (SSSR count). The highest BCUT2D eigenvalue weighted by Gasteiger charge is 2.22. The highest BCUT2D eigenvalue weighted by atomic mass is 16.5. The molecule has 128 valence electrons. The minimum Gasteiger partial charge on any atom is -0.478 e. The number of carboxylic acids is 1. The molecule has 0 saturated carbocycles. The molecule has 0 radical (unpaired) electrons. The van der Waals surface area contributed by atoms with Crippen LogP contribution >= 0.6 is 0 Å². The van der Waals surface area contributed by atoms with Crippen LogP contribution in [0.15, 0.2) is 47.1 Å². The second-order valence-electron chi connectivity index (χ2n) is 5.50. The normalized spacial score (nSPS) is 23.2. The van der Waals surface area contributed by atoms with E-state index >= 15 is 0 Å². The second kappa shape index (κ2) is 10.2. The summed E-state index contributed by atoms with van der Waals surface area (Å²) in [6.07, 6.45) is 14.0. The van der Waals surface area contributed by atoms with E-state index in [0.29, 0.717) is 18.1 Å². The quantitative estimate of drug-likeness (QED) is 0.830. The molecular formula is C19H28O4. The van der Waals surface area contributed by atoms with Crippen molar-refractivity contribution in [1.29, 1.82) is 0 Å². The van der Waals surface area contributed by atoms with Crippen LogP contribution in [0.25, 0.3) is 0 Å². The van der Waals surface area contributed by atoms with Gasteiger partial charge in [0.1, 0.15) is 0 Å². The Hall–Kier alpha value is -1.65. The lowest BCUT2D eigenvalue weighted by Gasteiger charge is -2.19. The maximum absolute atomic E-state index is 10.8. The van der Waals surface area contributed by atoms with Crippen LogP contribution in [0.4, 0.5) is 0 Å². The van der Waals surface area contributed by atoms with Gasteiger partial charge >= 0.3 is 5.97 Å². The van der Waals surface area contributed by atoms with Gasteiger partial charge in [-0.1, -0.05) is 49.3 Å². The molecular weight excluding hydrogens is 292 g/mol. The lowest BCUT2D eigenvalue weighted by atomic mass is 9.95. The first-order valence-electron chi connectivity index (χ1n) is 8.12. The van der Waals surface area contributed by atoms with Crippen molar-refractivity contribution in [1.82, 2.24) is 0 Å². The molecule has 1 N–H and O–H groups in total. The molecule has 0 aromatic heterocycles. The van der Waals surface area contributed by atoms with Gasteiger partial charge in [0.05, 0.1) is 17.8 Å². The molecule has 2 aliphatic carbocycles. The predicted molar refractivity (Wildman–Crippen MR) is 92.4 cm³/mol. The Morgan fingerprint density at radius 1 is 1.13 bits per heavy atom. The van der Waals surface area contributed by atoms with Gasteiger partial charge in [-0.15, -0.1) is 0 Å². The minimum absolute atomic E-state index is 0.284. The van der Waals surface area contributed by atoms with Crippen molar-refractivity contribution in [3.05, 3.63) is 47.1 Å². The van der Waals surface area contributed by atoms with Crippen molar-refractivity contribution in [3.63, 3.8) is 0 Å². The lowest BCUT2D eigenvalue weighted by molar-refractivity contribution is -0.134. The molecule has 2 unspecified atom stereocenters. The van der Waals surface area contributed by atoms with Gasteiger partial charge in [0.2, 0.25) is 0 Å². The number of hydrogen-bond acceptors (Lipinski definition) is 3. The average molecular weight is 320 g/mol. The van der Waals surface area contributed by atoms with E-state index in [4.69, 9.17) is 14.6 Å². The number of methoxy groups -OCH3 is 2. The van der Waals surface area contributed by atoms with Crippen molar-refractivity contribution in [2.45, 2.75) is 51.7 Å². The molecule has 2 atom stereocenters. The van der Waals surface area contributed by atoms with Gasteiger partial charge in [-0.3, -0.25) is 0 Å². The maximum Gasteiger partial charge on any atom is 0.334 e. The molecule has 0 spiro atoms. The Labute approximate surface area is 139 Å². The van der Waals surface area contributed by atoms with Crippen LogP contribution in [0.1, 0.15) is 39.5 Å². The molecule has 4 heteroatoms. The van der Waals surface area contributed by atoms with Gasteiger partial charge < -0.3 is 14.6 Å². The number of hydrogen-bond donors (Lipinski definition) is 1. The third kappa shape index (κ3) is 6.16. The van der Waals surface area contributed by atoms with Crippen LogP contribution in [0.3, 0.4) is 0 Å². The summed E-state index contributed by atoms with van der Waals surface area (Å²) in [4.78, 5) is 10.8. The fourth-order valence-electron chi connectivity index (χ4n) is 2.49. The zero-order valence-electron chi connectivity index (χ0n) is 14.5. The number of allylic oxidation sites excluding steroid dienone is 4. The number of carbonyl (C=O) groups is 1. The first-order chi connectivity index (χ1) is 11.0. The largest absolute Gasteiger partial charge is 0.478 e. The number of carboxylic acid groups (broad SMARTS) is 1. The average Bonchev–Trinajstić information content (AvgIpc) is 2.61. The fraction of sp³-hybridized carbons (Fsp3) is 0.526. The van der Waals surface area contributed by atoms with Crippen LogP contribution in [0.5, 0.6) is 0 Å². The Morgan fingerprint density at radius 2 is 1.78 bits per heavy atom. The van der Waals surface area contributed by atoms with Gasteiger partial charge in [-0.25, -0.2) is 4.79 Å². The first-order valence-corrected chi connectivity index (χ1v) is 8.12. The first kappa shape index (κ1) is 19.4. The van der Waals surface area contributed by atoms with Gasteiger partial charge in [-0.05, 0) is 31.8 Å². The monoisotopic (exact) mass is 320 g/mol. The summed E-state index contributed by atoms with van der Waals surface area (Å²) in [5, 5.41) is 8.88. The molecule has 0 bridgehead atoms. The lowest BCUT2D eigenvalue weighted by Crippen LogP contribution is -2.22. The van der Waals surface area contributed by atoms with Crippen LogP contribution in [-0.4, -0.2) is 37.5 Å². The smallest absolute Gasteiger partial charge is 0.334 e. The molecule has 0 fully saturated rings. The third-order valence-corrected chi connectivity index (χ3v) is 4.07. The molecule has 4 nitrogen and oxygen atoms in total. The fourth-order valence-corrected chi connectivity index (χ4v) is 2.49. The molecule has 0 amide bonds.